The minimum Gasteiger partial charge on any atom is -0.355 e. The fourth-order valence-electron chi connectivity index (χ4n) is 3.03. The Labute approximate surface area is 169 Å². The molecule has 0 radical (unpaired) electrons. The summed E-state index contributed by atoms with van der Waals surface area (Å²) in [6.07, 6.45) is 0.828. The Bertz CT molecular complexity index is 1000. The molecular weight excluding hydrogens is 370 g/mol. The number of benzene rings is 2. The molecule has 28 heavy (non-hydrogen) atoms. The van der Waals surface area contributed by atoms with Crippen LogP contribution in [0.25, 0.3) is 10.9 Å². The van der Waals surface area contributed by atoms with Crippen molar-refractivity contribution in [1.29, 1.82) is 0 Å². The van der Waals surface area contributed by atoms with E-state index in [0.717, 1.165) is 6.42 Å². The number of para-hydroxylation sites is 1. The first-order valence-electron chi connectivity index (χ1n) is 9.54. The number of amides is 1. The quantitative estimate of drug-likeness (QED) is 0.465. The van der Waals surface area contributed by atoms with Gasteiger partial charge in [0.1, 0.15) is 0 Å². The van der Waals surface area contributed by atoms with Crippen LogP contribution in [0.4, 0.5) is 0 Å². The van der Waals surface area contributed by atoms with Crippen LogP contribution in [0.1, 0.15) is 31.7 Å². The summed E-state index contributed by atoms with van der Waals surface area (Å²) < 4.78 is 1.67. The lowest BCUT2D eigenvalue weighted by Gasteiger charge is -2.14. The van der Waals surface area contributed by atoms with Gasteiger partial charge in [-0.05, 0) is 30.0 Å². The molecule has 6 heteroatoms. The highest BCUT2D eigenvalue weighted by atomic mass is 32.2. The predicted octanol–water partition coefficient (Wildman–Crippen LogP) is 3.82. The lowest BCUT2D eigenvalue weighted by molar-refractivity contribution is -0.118. The van der Waals surface area contributed by atoms with Crippen LogP contribution in [-0.4, -0.2) is 27.8 Å². The monoisotopic (exact) mass is 395 g/mol. The second-order valence-corrected chi connectivity index (χ2v) is 7.72. The molecule has 0 aliphatic rings. The zero-order chi connectivity index (χ0) is 19.9. The summed E-state index contributed by atoms with van der Waals surface area (Å²) in [5.41, 5.74) is 1.82. The smallest absolute Gasteiger partial charge is 0.262 e. The van der Waals surface area contributed by atoms with Crippen LogP contribution in [-0.2, 0) is 11.3 Å². The Hall–Kier alpha value is -2.60. The maximum absolute atomic E-state index is 12.8. The van der Waals surface area contributed by atoms with Crippen LogP contribution >= 0.6 is 11.8 Å². The van der Waals surface area contributed by atoms with E-state index >= 15 is 0 Å². The third-order valence-electron chi connectivity index (χ3n) is 4.58. The highest BCUT2D eigenvalue weighted by Crippen LogP contribution is 2.18. The molecule has 146 valence electrons. The fraction of sp³-hybridized carbons (Fsp3) is 0.318. The molecule has 1 aromatic heterocycles. The number of nitrogens with one attached hydrogen (secondary N) is 1. The number of hydrogen-bond donors (Lipinski definition) is 1. The number of rotatable bonds is 8. The average Bonchev–Trinajstić information content (AvgIpc) is 2.73. The van der Waals surface area contributed by atoms with Gasteiger partial charge in [0.15, 0.2) is 5.16 Å². The van der Waals surface area contributed by atoms with Crippen molar-refractivity contribution in [3.8, 4) is 0 Å². The summed E-state index contributed by atoms with van der Waals surface area (Å²) in [4.78, 5) is 29.7. The van der Waals surface area contributed by atoms with Crippen LogP contribution in [0.5, 0.6) is 0 Å². The van der Waals surface area contributed by atoms with Gasteiger partial charge in [0.25, 0.3) is 5.56 Å². The average molecular weight is 396 g/mol. The maximum Gasteiger partial charge on any atom is 0.262 e. The van der Waals surface area contributed by atoms with Gasteiger partial charge in [-0.15, -0.1) is 0 Å². The van der Waals surface area contributed by atoms with E-state index in [2.05, 4.69) is 29.4 Å². The Kier molecular flexibility index (Phi) is 6.87. The fourth-order valence-corrected chi connectivity index (χ4v) is 3.88. The molecular formula is C22H25N3O2S. The molecule has 1 amide bonds. The number of nitrogens with zero attached hydrogens (tertiary/aromatic N) is 2. The van der Waals surface area contributed by atoms with Gasteiger partial charge >= 0.3 is 0 Å². The Balaban J connectivity index is 1.66. The van der Waals surface area contributed by atoms with Gasteiger partial charge in [0.05, 0.1) is 16.7 Å². The second kappa shape index (κ2) is 9.55. The normalized spacial score (nSPS) is 12.1. The number of thioether (sulfide) groups is 1. The standard InChI is InChI=1S/C22H25N3O2S/c1-3-13-25-21(27)18-11-7-8-12-19(18)24-22(25)28-15-20(26)23-14-16(2)17-9-5-4-6-10-17/h4-12,16H,3,13-15H2,1-2H3,(H,23,26)/t16-/m1/s1. The van der Waals surface area contributed by atoms with Crippen molar-refractivity contribution in [2.75, 3.05) is 12.3 Å². The highest BCUT2D eigenvalue weighted by molar-refractivity contribution is 7.99. The van der Waals surface area contributed by atoms with Gasteiger partial charge in [0, 0.05) is 13.1 Å². The van der Waals surface area contributed by atoms with E-state index in [1.165, 1.54) is 17.3 Å². The van der Waals surface area contributed by atoms with Crippen molar-refractivity contribution in [1.82, 2.24) is 14.9 Å². The van der Waals surface area contributed by atoms with E-state index < -0.39 is 0 Å². The first kappa shape index (κ1) is 20.1. The van der Waals surface area contributed by atoms with Crippen LogP contribution < -0.4 is 10.9 Å². The first-order valence-corrected chi connectivity index (χ1v) is 10.5. The molecule has 2 aromatic carbocycles. The summed E-state index contributed by atoms with van der Waals surface area (Å²) >= 11 is 1.31. The molecule has 0 spiro atoms. The molecule has 3 rings (SSSR count). The lowest BCUT2D eigenvalue weighted by atomic mass is 10.0. The number of carbonyl (C=O) groups excluding carboxylic acids is 1. The van der Waals surface area contributed by atoms with E-state index in [1.54, 1.807) is 10.6 Å². The molecule has 0 unspecified atom stereocenters. The molecule has 0 aliphatic carbocycles. The van der Waals surface area contributed by atoms with Crippen LogP contribution in [0.15, 0.2) is 64.5 Å². The molecule has 0 saturated heterocycles. The molecule has 0 bridgehead atoms. The molecule has 1 atom stereocenters. The number of carbonyl (C=O) groups is 1. The minimum atomic E-state index is -0.0572. The van der Waals surface area contributed by atoms with E-state index in [1.807, 2.05) is 43.3 Å². The Morgan fingerprint density at radius 2 is 1.86 bits per heavy atom. The van der Waals surface area contributed by atoms with Crippen LogP contribution in [0.2, 0.25) is 0 Å². The Morgan fingerprint density at radius 3 is 2.61 bits per heavy atom. The van der Waals surface area contributed by atoms with Crippen LogP contribution in [0, 0.1) is 0 Å². The van der Waals surface area contributed by atoms with Gasteiger partial charge in [-0.2, -0.15) is 0 Å². The predicted molar refractivity (Wildman–Crippen MR) is 115 cm³/mol. The highest BCUT2D eigenvalue weighted by Gasteiger charge is 2.13. The van der Waals surface area contributed by atoms with Crippen LogP contribution in [0.3, 0.4) is 0 Å². The number of fused-ring (bicyclic) bond motifs is 1. The molecule has 0 fully saturated rings. The van der Waals surface area contributed by atoms with Gasteiger partial charge in [-0.25, -0.2) is 4.98 Å². The van der Waals surface area contributed by atoms with Crippen molar-refractivity contribution < 1.29 is 4.79 Å². The van der Waals surface area contributed by atoms with E-state index in [4.69, 9.17) is 0 Å². The van der Waals surface area contributed by atoms with E-state index in [9.17, 15) is 9.59 Å². The maximum atomic E-state index is 12.8. The topological polar surface area (TPSA) is 64.0 Å². The first-order chi connectivity index (χ1) is 13.6. The summed E-state index contributed by atoms with van der Waals surface area (Å²) in [5, 5.41) is 4.19. The van der Waals surface area contributed by atoms with Gasteiger partial charge in [0.2, 0.25) is 5.91 Å². The third-order valence-corrected chi connectivity index (χ3v) is 5.56. The Morgan fingerprint density at radius 1 is 1.14 bits per heavy atom. The van der Waals surface area contributed by atoms with Gasteiger partial charge < -0.3 is 5.32 Å². The van der Waals surface area contributed by atoms with Gasteiger partial charge in [-0.1, -0.05) is 68.1 Å². The van der Waals surface area contributed by atoms with E-state index in [-0.39, 0.29) is 23.1 Å². The van der Waals surface area contributed by atoms with Crippen molar-refractivity contribution in [3.05, 3.63) is 70.5 Å². The summed E-state index contributed by atoms with van der Waals surface area (Å²) in [7, 11) is 0. The van der Waals surface area contributed by atoms with Crippen molar-refractivity contribution in [2.45, 2.75) is 37.9 Å². The summed E-state index contributed by atoms with van der Waals surface area (Å²) in [6, 6.07) is 17.5. The lowest BCUT2D eigenvalue weighted by Crippen LogP contribution is -2.29. The molecule has 1 heterocycles. The second-order valence-electron chi connectivity index (χ2n) is 6.77. The van der Waals surface area contributed by atoms with Crippen molar-refractivity contribution in [2.24, 2.45) is 0 Å². The number of hydrogen-bond acceptors (Lipinski definition) is 4. The molecule has 0 aliphatic heterocycles. The van der Waals surface area contributed by atoms with Crippen molar-refractivity contribution in [3.63, 3.8) is 0 Å². The summed E-state index contributed by atoms with van der Waals surface area (Å²) in [6.45, 7) is 5.28. The molecule has 3 aromatic rings. The molecule has 0 saturated carbocycles. The zero-order valence-electron chi connectivity index (χ0n) is 16.2. The van der Waals surface area contributed by atoms with Crippen molar-refractivity contribution >= 4 is 28.6 Å². The van der Waals surface area contributed by atoms with Gasteiger partial charge in [-0.3, -0.25) is 14.2 Å². The SMILES string of the molecule is CCCn1c(SCC(=O)NC[C@@H](C)c2ccccc2)nc2ccccc2c1=O. The van der Waals surface area contributed by atoms with E-state index in [0.29, 0.717) is 29.1 Å². The largest absolute Gasteiger partial charge is 0.355 e. The summed E-state index contributed by atoms with van der Waals surface area (Å²) in [5.74, 6) is 0.418. The third kappa shape index (κ3) is 4.81. The molecule has 5 nitrogen and oxygen atoms in total. The molecule has 1 N–H and O–H groups in total. The minimum absolute atomic E-state index is 0.0481. The number of aromatic nitrogens is 2. The zero-order valence-corrected chi connectivity index (χ0v) is 17.0.